The summed E-state index contributed by atoms with van der Waals surface area (Å²) in [5, 5.41) is 9.20. The Kier molecular flexibility index (Phi) is 4.59. The molecule has 7 heteroatoms. The summed E-state index contributed by atoms with van der Waals surface area (Å²) in [6.45, 7) is -0.0266. The fraction of sp³-hybridized carbons (Fsp3) is 0.0588. The fourth-order valence-electron chi connectivity index (χ4n) is 2.22. The minimum Gasteiger partial charge on any atom is -0.508 e. The number of rotatable bonds is 3. The Labute approximate surface area is 146 Å². The van der Waals surface area contributed by atoms with E-state index in [0.717, 1.165) is 22.7 Å². The first-order chi connectivity index (χ1) is 11.4. The van der Waals surface area contributed by atoms with Crippen molar-refractivity contribution in [2.75, 3.05) is 0 Å². The molecule has 1 N–H and O–H groups in total. The predicted octanol–water partition coefficient (Wildman–Crippen LogP) is 4.42. The normalized spacial score (nSPS) is 16.2. The van der Waals surface area contributed by atoms with Crippen LogP contribution in [0, 0.1) is 5.82 Å². The number of hydrogen-bond acceptors (Lipinski definition) is 4. The van der Waals surface area contributed by atoms with Gasteiger partial charge in [-0.25, -0.2) is 4.39 Å². The molecule has 0 spiro atoms. The molecule has 0 aliphatic carbocycles. The van der Waals surface area contributed by atoms with Crippen LogP contribution in [0.1, 0.15) is 11.1 Å². The molecule has 1 saturated heterocycles. The summed E-state index contributed by atoms with van der Waals surface area (Å²) in [6.07, 6.45) is 1.54. The van der Waals surface area contributed by atoms with Crippen LogP contribution in [-0.4, -0.2) is 21.2 Å². The summed E-state index contributed by atoms with van der Waals surface area (Å²) in [5.41, 5.74) is 1.10. The molecule has 0 radical (unpaired) electrons. The van der Waals surface area contributed by atoms with Crippen LogP contribution in [0.25, 0.3) is 6.08 Å². The highest BCUT2D eigenvalue weighted by molar-refractivity contribution is 8.18. The molecular formula is C17H11ClFNO3S. The Morgan fingerprint density at radius 1 is 1.21 bits per heavy atom. The molecule has 0 unspecified atom stereocenters. The van der Waals surface area contributed by atoms with E-state index < -0.39 is 17.0 Å². The molecule has 122 valence electrons. The number of carbonyl (C=O) groups is 2. The maximum Gasteiger partial charge on any atom is 0.293 e. The number of thioether (sulfide) groups is 1. The van der Waals surface area contributed by atoms with Crippen LogP contribution in [0.4, 0.5) is 9.18 Å². The number of phenolic OH excluding ortho intramolecular Hbond substituents is 1. The van der Waals surface area contributed by atoms with Crippen molar-refractivity contribution in [2.45, 2.75) is 6.54 Å². The van der Waals surface area contributed by atoms with Gasteiger partial charge in [0.15, 0.2) is 0 Å². The van der Waals surface area contributed by atoms with Crippen LogP contribution in [0.2, 0.25) is 5.02 Å². The molecule has 1 aliphatic rings. The quantitative estimate of drug-likeness (QED) is 0.820. The van der Waals surface area contributed by atoms with E-state index in [1.165, 1.54) is 30.3 Å². The summed E-state index contributed by atoms with van der Waals surface area (Å²) >= 11 is 6.76. The molecular weight excluding hydrogens is 353 g/mol. The van der Waals surface area contributed by atoms with Gasteiger partial charge in [-0.05, 0) is 53.2 Å². The zero-order valence-electron chi connectivity index (χ0n) is 12.2. The molecule has 2 aromatic carbocycles. The van der Waals surface area contributed by atoms with Gasteiger partial charge in [0.2, 0.25) is 0 Å². The van der Waals surface area contributed by atoms with Crippen LogP contribution in [0.15, 0.2) is 47.4 Å². The molecule has 1 heterocycles. The van der Waals surface area contributed by atoms with Crippen LogP contribution in [0.3, 0.4) is 0 Å². The van der Waals surface area contributed by atoms with Gasteiger partial charge in [0, 0.05) is 5.02 Å². The van der Waals surface area contributed by atoms with Crippen LogP contribution in [-0.2, 0) is 11.3 Å². The minimum atomic E-state index is -0.485. The minimum absolute atomic E-state index is 0.0266. The van der Waals surface area contributed by atoms with Crippen molar-refractivity contribution in [2.24, 2.45) is 0 Å². The molecule has 0 atom stereocenters. The second kappa shape index (κ2) is 6.67. The first-order valence-corrected chi connectivity index (χ1v) is 8.12. The Hall–Kier alpha value is -2.31. The first kappa shape index (κ1) is 16.5. The highest BCUT2D eigenvalue weighted by Crippen LogP contribution is 2.34. The first-order valence-electron chi connectivity index (χ1n) is 6.92. The predicted molar refractivity (Wildman–Crippen MR) is 91.0 cm³/mol. The molecule has 2 aromatic rings. The maximum absolute atomic E-state index is 13.1. The summed E-state index contributed by atoms with van der Waals surface area (Å²) in [4.78, 5) is 25.8. The number of phenols is 1. The number of carbonyl (C=O) groups excluding carboxylic acids is 2. The topological polar surface area (TPSA) is 57.6 Å². The van der Waals surface area contributed by atoms with E-state index in [1.807, 2.05) is 0 Å². The van der Waals surface area contributed by atoms with E-state index in [0.29, 0.717) is 11.1 Å². The standard InChI is InChI=1S/C17H11ClFNO3S/c18-14-8-12(19)5-4-11(14)9-20-16(22)15(24-17(20)23)7-10-2-1-3-13(21)6-10/h1-8,21H,9H2/b15-7+. The van der Waals surface area contributed by atoms with Gasteiger partial charge in [-0.15, -0.1) is 0 Å². The zero-order chi connectivity index (χ0) is 17.3. The number of aromatic hydroxyl groups is 1. The summed E-state index contributed by atoms with van der Waals surface area (Å²) in [5.74, 6) is -0.864. The van der Waals surface area contributed by atoms with E-state index in [2.05, 4.69) is 0 Å². The van der Waals surface area contributed by atoms with Crippen molar-refractivity contribution in [1.82, 2.24) is 4.90 Å². The van der Waals surface area contributed by atoms with Crippen LogP contribution >= 0.6 is 23.4 Å². The van der Waals surface area contributed by atoms with Crippen LogP contribution < -0.4 is 0 Å². The number of nitrogens with zero attached hydrogens (tertiary/aromatic N) is 1. The number of amides is 2. The number of halogens is 2. The van der Waals surface area contributed by atoms with Gasteiger partial charge in [-0.2, -0.15) is 0 Å². The largest absolute Gasteiger partial charge is 0.508 e. The molecule has 3 rings (SSSR count). The lowest BCUT2D eigenvalue weighted by molar-refractivity contribution is -0.123. The van der Waals surface area contributed by atoms with Gasteiger partial charge >= 0.3 is 0 Å². The van der Waals surface area contributed by atoms with Crippen molar-refractivity contribution in [1.29, 1.82) is 0 Å². The molecule has 24 heavy (non-hydrogen) atoms. The Balaban J connectivity index is 1.84. The van der Waals surface area contributed by atoms with Crippen molar-refractivity contribution in [3.63, 3.8) is 0 Å². The van der Waals surface area contributed by atoms with Gasteiger partial charge in [-0.3, -0.25) is 14.5 Å². The second-order valence-electron chi connectivity index (χ2n) is 5.10. The number of imide groups is 1. The molecule has 0 aromatic heterocycles. The molecule has 1 fully saturated rings. The van der Waals surface area contributed by atoms with Gasteiger partial charge in [0.1, 0.15) is 11.6 Å². The average molecular weight is 364 g/mol. The van der Waals surface area contributed by atoms with E-state index in [-0.39, 0.29) is 22.2 Å². The second-order valence-corrected chi connectivity index (χ2v) is 6.50. The lowest BCUT2D eigenvalue weighted by Gasteiger charge is -2.13. The molecule has 1 aliphatic heterocycles. The molecule has 4 nitrogen and oxygen atoms in total. The SMILES string of the molecule is O=C1S/C(=C/c2cccc(O)c2)C(=O)N1Cc1ccc(F)cc1Cl. The van der Waals surface area contributed by atoms with Gasteiger partial charge in [-0.1, -0.05) is 29.8 Å². The average Bonchev–Trinajstić information content (AvgIpc) is 2.77. The third kappa shape index (κ3) is 3.44. The monoisotopic (exact) mass is 363 g/mol. The van der Waals surface area contributed by atoms with Crippen molar-refractivity contribution in [3.8, 4) is 5.75 Å². The highest BCUT2D eigenvalue weighted by atomic mass is 35.5. The summed E-state index contributed by atoms with van der Waals surface area (Å²) in [7, 11) is 0. The van der Waals surface area contributed by atoms with E-state index in [9.17, 15) is 19.1 Å². The Morgan fingerprint density at radius 3 is 2.71 bits per heavy atom. The fourth-order valence-corrected chi connectivity index (χ4v) is 3.29. The number of hydrogen-bond donors (Lipinski definition) is 1. The van der Waals surface area contributed by atoms with E-state index in [1.54, 1.807) is 12.1 Å². The maximum atomic E-state index is 13.1. The third-order valence-electron chi connectivity index (χ3n) is 3.39. The van der Waals surface area contributed by atoms with E-state index >= 15 is 0 Å². The van der Waals surface area contributed by atoms with Crippen LogP contribution in [0.5, 0.6) is 5.75 Å². The van der Waals surface area contributed by atoms with Gasteiger partial charge in [0.05, 0.1) is 11.4 Å². The Bertz CT molecular complexity index is 869. The summed E-state index contributed by atoms with van der Waals surface area (Å²) < 4.78 is 13.1. The smallest absolute Gasteiger partial charge is 0.293 e. The van der Waals surface area contributed by atoms with Crippen molar-refractivity contribution < 1.29 is 19.1 Å². The number of benzene rings is 2. The lowest BCUT2D eigenvalue weighted by atomic mass is 10.2. The zero-order valence-corrected chi connectivity index (χ0v) is 13.8. The van der Waals surface area contributed by atoms with Gasteiger partial charge < -0.3 is 5.11 Å². The molecule has 0 bridgehead atoms. The highest BCUT2D eigenvalue weighted by Gasteiger charge is 2.35. The van der Waals surface area contributed by atoms with Crippen molar-refractivity contribution in [3.05, 3.63) is 69.3 Å². The Morgan fingerprint density at radius 2 is 2.00 bits per heavy atom. The molecule has 2 amide bonds. The lowest BCUT2D eigenvalue weighted by Crippen LogP contribution is -2.27. The van der Waals surface area contributed by atoms with Crippen molar-refractivity contribution >= 4 is 40.6 Å². The van der Waals surface area contributed by atoms with E-state index in [4.69, 9.17) is 11.6 Å². The molecule has 0 saturated carbocycles. The summed E-state index contributed by atoms with van der Waals surface area (Å²) in [6, 6.07) is 10.2. The third-order valence-corrected chi connectivity index (χ3v) is 4.64. The van der Waals surface area contributed by atoms with Gasteiger partial charge in [0.25, 0.3) is 11.1 Å².